The summed E-state index contributed by atoms with van der Waals surface area (Å²) in [6.07, 6.45) is 1.95. The SMILES string of the molecule is COc1cccc([C@@H]2N[C@H](C(=O)O)Cc3[nH]cnc32)c1OC. The van der Waals surface area contributed by atoms with E-state index < -0.39 is 12.0 Å². The summed E-state index contributed by atoms with van der Waals surface area (Å²) >= 11 is 0. The van der Waals surface area contributed by atoms with Crippen molar-refractivity contribution in [1.82, 2.24) is 15.3 Å². The van der Waals surface area contributed by atoms with Gasteiger partial charge in [-0.25, -0.2) is 4.98 Å². The molecule has 22 heavy (non-hydrogen) atoms. The van der Waals surface area contributed by atoms with E-state index in [0.717, 1.165) is 17.0 Å². The van der Waals surface area contributed by atoms with Crippen molar-refractivity contribution in [3.63, 3.8) is 0 Å². The largest absolute Gasteiger partial charge is 0.493 e. The number of hydrogen-bond acceptors (Lipinski definition) is 5. The Morgan fingerprint density at radius 1 is 1.36 bits per heavy atom. The first kappa shape index (κ1) is 14.4. The first-order chi connectivity index (χ1) is 10.7. The van der Waals surface area contributed by atoms with E-state index in [1.54, 1.807) is 26.6 Å². The molecular weight excluding hydrogens is 286 g/mol. The van der Waals surface area contributed by atoms with Gasteiger partial charge < -0.3 is 19.6 Å². The second-order valence-electron chi connectivity index (χ2n) is 5.04. The molecule has 2 atom stereocenters. The fourth-order valence-corrected chi connectivity index (χ4v) is 2.82. The number of carboxylic acids is 1. The highest BCUT2D eigenvalue weighted by atomic mass is 16.5. The van der Waals surface area contributed by atoms with Crippen molar-refractivity contribution in [2.45, 2.75) is 18.5 Å². The number of nitrogens with one attached hydrogen (secondary N) is 2. The van der Waals surface area contributed by atoms with Crippen molar-refractivity contribution in [1.29, 1.82) is 0 Å². The highest BCUT2D eigenvalue weighted by molar-refractivity contribution is 5.74. The highest BCUT2D eigenvalue weighted by Crippen LogP contribution is 2.39. The van der Waals surface area contributed by atoms with Gasteiger partial charge in [0.2, 0.25) is 0 Å². The zero-order valence-corrected chi connectivity index (χ0v) is 12.3. The molecule has 0 bridgehead atoms. The number of aliphatic carboxylic acids is 1. The lowest BCUT2D eigenvalue weighted by Gasteiger charge is -2.29. The quantitative estimate of drug-likeness (QED) is 0.783. The summed E-state index contributed by atoms with van der Waals surface area (Å²) in [6, 6.07) is 4.46. The third-order valence-corrected chi connectivity index (χ3v) is 3.84. The third kappa shape index (κ3) is 2.29. The highest BCUT2D eigenvalue weighted by Gasteiger charge is 2.35. The van der Waals surface area contributed by atoms with E-state index in [0.29, 0.717) is 17.9 Å². The molecule has 0 unspecified atom stereocenters. The number of aromatic nitrogens is 2. The zero-order chi connectivity index (χ0) is 15.7. The number of fused-ring (bicyclic) bond motifs is 1. The molecule has 1 aromatic heterocycles. The van der Waals surface area contributed by atoms with E-state index in [9.17, 15) is 9.90 Å². The Bertz CT molecular complexity index is 698. The van der Waals surface area contributed by atoms with Gasteiger partial charge in [0, 0.05) is 17.7 Å². The molecule has 2 heterocycles. The first-order valence-electron chi connectivity index (χ1n) is 6.87. The number of carboxylic acid groups (broad SMARTS) is 1. The number of imidazole rings is 1. The summed E-state index contributed by atoms with van der Waals surface area (Å²) in [5.41, 5.74) is 2.39. The lowest BCUT2D eigenvalue weighted by molar-refractivity contribution is -0.139. The van der Waals surface area contributed by atoms with Crippen molar-refractivity contribution in [2.24, 2.45) is 0 Å². The fraction of sp³-hybridized carbons (Fsp3) is 0.333. The van der Waals surface area contributed by atoms with E-state index in [-0.39, 0.29) is 6.04 Å². The smallest absolute Gasteiger partial charge is 0.321 e. The molecule has 1 aromatic carbocycles. The summed E-state index contributed by atoms with van der Waals surface area (Å²) in [5.74, 6) is 0.269. The van der Waals surface area contributed by atoms with Crippen molar-refractivity contribution < 1.29 is 19.4 Å². The van der Waals surface area contributed by atoms with Gasteiger partial charge in [-0.1, -0.05) is 12.1 Å². The van der Waals surface area contributed by atoms with Gasteiger partial charge in [-0.2, -0.15) is 0 Å². The van der Waals surface area contributed by atoms with Crippen LogP contribution in [0.1, 0.15) is 23.0 Å². The van der Waals surface area contributed by atoms with E-state index in [2.05, 4.69) is 15.3 Å². The summed E-state index contributed by atoms with van der Waals surface area (Å²) in [5, 5.41) is 12.5. The van der Waals surface area contributed by atoms with Crippen LogP contribution in [0.25, 0.3) is 0 Å². The van der Waals surface area contributed by atoms with E-state index in [1.807, 2.05) is 12.1 Å². The topological polar surface area (TPSA) is 96.5 Å². The Morgan fingerprint density at radius 2 is 2.18 bits per heavy atom. The molecule has 1 aliphatic heterocycles. The normalized spacial score (nSPS) is 20.3. The molecule has 0 saturated heterocycles. The van der Waals surface area contributed by atoms with Crippen LogP contribution in [-0.2, 0) is 11.2 Å². The van der Waals surface area contributed by atoms with Gasteiger partial charge in [-0.05, 0) is 6.07 Å². The molecule has 0 fully saturated rings. The van der Waals surface area contributed by atoms with Crippen molar-refractivity contribution in [2.75, 3.05) is 14.2 Å². The molecule has 0 saturated carbocycles. The Kier molecular flexibility index (Phi) is 3.72. The molecule has 7 heteroatoms. The van der Waals surface area contributed by atoms with Crippen molar-refractivity contribution >= 4 is 5.97 Å². The predicted octanol–water partition coefficient (Wildman–Crippen LogP) is 1.12. The Hall–Kier alpha value is -2.54. The first-order valence-corrected chi connectivity index (χ1v) is 6.87. The molecule has 0 amide bonds. The number of nitrogens with zero attached hydrogens (tertiary/aromatic N) is 1. The Morgan fingerprint density at radius 3 is 2.86 bits per heavy atom. The van der Waals surface area contributed by atoms with Gasteiger partial charge in [0.05, 0.1) is 32.3 Å². The number of para-hydroxylation sites is 1. The maximum Gasteiger partial charge on any atom is 0.321 e. The second kappa shape index (κ2) is 5.69. The van der Waals surface area contributed by atoms with Crippen LogP contribution in [0.2, 0.25) is 0 Å². The van der Waals surface area contributed by atoms with E-state index >= 15 is 0 Å². The van der Waals surface area contributed by atoms with Gasteiger partial charge in [0.25, 0.3) is 0 Å². The molecule has 0 spiro atoms. The zero-order valence-electron chi connectivity index (χ0n) is 12.3. The van der Waals surface area contributed by atoms with E-state index in [4.69, 9.17) is 9.47 Å². The second-order valence-corrected chi connectivity index (χ2v) is 5.04. The number of methoxy groups -OCH3 is 2. The van der Waals surface area contributed by atoms with Crippen LogP contribution in [0, 0.1) is 0 Å². The van der Waals surface area contributed by atoms with Crippen LogP contribution in [0.4, 0.5) is 0 Å². The average Bonchev–Trinajstić information content (AvgIpc) is 3.01. The van der Waals surface area contributed by atoms with Gasteiger partial charge in [0.1, 0.15) is 6.04 Å². The van der Waals surface area contributed by atoms with Crippen LogP contribution < -0.4 is 14.8 Å². The monoisotopic (exact) mass is 303 g/mol. The number of ether oxygens (including phenoxy) is 2. The van der Waals surface area contributed by atoms with Crippen LogP contribution in [0.5, 0.6) is 11.5 Å². The number of rotatable bonds is 4. The van der Waals surface area contributed by atoms with Crippen molar-refractivity contribution in [3.8, 4) is 11.5 Å². The van der Waals surface area contributed by atoms with Crippen LogP contribution in [-0.4, -0.2) is 41.3 Å². The lowest BCUT2D eigenvalue weighted by Crippen LogP contribution is -2.45. The molecular formula is C15H17N3O4. The Balaban J connectivity index is 2.10. The number of carbonyl (C=O) groups is 1. The predicted molar refractivity (Wildman–Crippen MR) is 78.2 cm³/mol. The van der Waals surface area contributed by atoms with Crippen LogP contribution in [0.3, 0.4) is 0 Å². The summed E-state index contributed by atoms with van der Waals surface area (Å²) in [4.78, 5) is 18.7. The maximum absolute atomic E-state index is 11.4. The van der Waals surface area contributed by atoms with E-state index in [1.165, 1.54) is 0 Å². The molecule has 3 N–H and O–H groups in total. The minimum Gasteiger partial charge on any atom is -0.493 e. The number of aromatic amines is 1. The van der Waals surface area contributed by atoms with Gasteiger partial charge in [0.15, 0.2) is 11.5 Å². The molecule has 116 valence electrons. The minimum absolute atomic E-state index is 0.369. The van der Waals surface area contributed by atoms with Gasteiger partial charge in [-0.3, -0.25) is 10.1 Å². The molecule has 7 nitrogen and oxygen atoms in total. The summed E-state index contributed by atoms with van der Waals surface area (Å²) < 4.78 is 10.8. The molecule has 1 aliphatic rings. The Labute approximate surface area is 127 Å². The van der Waals surface area contributed by atoms with Gasteiger partial charge in [-0.15, -0.1) is 0 Å². The molecule has 2 aromatic rings. The average molecular weight is 303 g/mol. The third-order valence-electron chi connectivity index (χ3n) is 3.84. The van der Waals surface area contributed by atoms with Crippen molar-refractivity contribution in [3.05, 3.63) is 41.5 Å². The number of hydrogen-bond donors (Lipinski definition) is 3. The standard InChI is InChI=1S/C15H17N3O4/c1-21-11-5-3-4-8(14(11)22-2)12-13-9(16-7-17-13)6-10(18-12)15(19)20/h3-5,7,10,12,18H,6H2,1-2H3,(H,16,17)(H,19,20)/t10-,12-/m0/s1. The molecule has 0 aliphatic carbocycles. The van der Waals surface area contributed by atoms with Crippen LogP contribution in [0.15, 0.2) is 24.5 Å². The maximum atomic E-state index is 11.4. The fourth-order valence-electron chi connectivity index (χ4n) is 2.82. The molecule has 3 rings (SSSR count). The van der Waals surface area contributed by atoms with Gasteiger partial charge >= 0.3 is 5.97 Å². The number of H-pyrrole nitrogens is 1. The number of benzene rings is 1. The minimum atomic E-state index is -0.896. The lowest BCUT2D eigenvalue weighted by atomic mass is 9.93. The summed E-state index contributed by atoms with van der Waals surface area (Å²) in [7, 11) is 3.13. The van der Waals surface area contributed by atoms with Crippen LogP contribution >= 0.6 is 0 Å². The molecule has 0 radical (unpaired) electrons. The summed E-state index contributed by atoms with van der Waals surface area (Å²) in [6.45, 7) is 0.